The second kappa shape index (κ2) is 12.2. The molecule has 36 heavy (non-hydrogen) atoms. The summed E-state index contributed by atoms with van der Waals surface area (Å²) in [6.07, 6.45) is 1.40. The Kier molecular flexibility index (Phi) is 8.49. The first kappa shape index (κ1) is 25.2. The van der Waals surface area contributed by atoms with E-state index < -0.39 is 11.9 Å². The molecule has 0 atom stereocenters. The van der Waals surface area contributed by atoms with Gasteiger partial charge in [-0.05, 0) is 60.2 Å². The van der Waals surface area contributed by atoms with Crippen LogP contribution in [0.25, 0.3) is 0 Å². The molecule has 0 fully saturated rings. The van der Waals surface area contributed by atoms with Gasteiger partial charge in [-0.25, -0.2) is 10.2 Å². The second-order valence-electron chi connectivity index (χ2n) is 7.55. The molecule has 0 radical (unpaired) electrons. The Morgan fingerprint density at radius 1 is 0.917 bits per heavy atom. The minimum Gasteiger partial charge on any atom is -0.489 e. The normalized spacial score (nSPS) is 10.7. The molecule has 0 saturated carbocycles. The molecule has 4 aromatic carbocycles. The third kappa shape index (κ3) is 6.81. The quantitative estimate of drug-likeness (QED) is 0.112. The lowest BCUT2D eigenvalue weighted by Crippen LogP contribution is -2.17. The van der Waals surface area contributed by atoms with Crippen molar-refractivity contribution >= 4 is 45.6 Å². The number of carbonyl (C=O) groups is 2. The Bertz CT molecular complexity index is 1390. The van der Waals surface area contributed by atoms with E-state index in [0.717, 1.165) is 10.0 Å². The molecular weight excluding hydrogens is 544 g/mol. The minimum atomic E-state index is -0.601. The molecule has 0 aliphatic heterocycles. The minimum absolute atomic E-state index is 0.245. The topological polar surface area (TPSA) is 77.0 Å². The fourth-order valence-electron chi connectivity index (χ4n) is 3.16. The molecule has 4 aromatic rings. The van der Waals surface area contributed by atoms with Gasteiger partial charge in [0.25, 0.3) is 5.91 Å². The number of ether oxygens (including phenoxy) is 2. The van der Waals surface area contributed by atoms with Crippen molar-refractivity contribution in [2.75, 3.05) is 0 Å². The average Bonchev–Trinajstić information content (AvgIpc) is 2.90. The van der Waals surface area contributed by atoms with E-state index in [4.69, 9.17) is 21.1 Å². The van der Waals surface area contributed by atoms with E-state index in [1.54, 1.807) is 66.7 Å². The van der Waals surface area contributed by atoms with Gasteiger partial charge in [-0.3, -0.25) is 4.79 Å². The van der Waals surface area contributed by atoms with Gasteiger partial charge in [0, 0.05) is 15.6 Å². The lowest BCUT2D eigenvalue weighted by molar-refractivity contribution is 0.0734. The van der Waals surface area contributed by atoms with Gasteiger partial charge < -0.3 is 9.47 Å². The highest BCUT2D eigenvalue weighted by molar-refractivity contribution is 9.10. The fraction of sp³-hybridized carbons (Fsp3) is 0.0357. The lowest BCUT2D eigenvalue weighted by atomic mass is 10.2. The van der Waals surface area contributed by atoms with Crippen LogP contribution in [-0.2, 0) is 6.61 Å². The van der Waals surface area contributed by atoms with Crippen molar-refractivity contribution in [3.05, 3.63) is 129 Å². The number of hydrogen-bond donors (Lipinski definition) is 1. The molecule has 0 unspecified atom stereocenters. The summed E-state index contributed by atoms with van der Waals surface area (Å²) >= 11 is 9.48. The van der Waals surface area contributed by atoms with Gasteiger partial charge in [0.2, 0.25) is 0 Å². The summed E-state index contributed by atoms with van der Waals surface area (Å²) in [7, 11) is 0. The number of halogens is 2. The summed E-state index contributed by atoms with van der Waals surface area (Å²) in [5.74, 6) is -0.0827. The van der Waals surface area contributed by atoms with Crippen molar-refractivity contribution in [2.45, 2.75) is 6.61 Å². The zero-order valence-electron chi connectivity index (χ0n) is 18.9. The van der Waals surface area contributed by atoms with E-state index in [2.05, 4.69) is 26.5 Å². The molecular formula is C28H20BrClN2O4. The van der Waals surface area contributed by atoms with E-state index in [1.165, 1.54) is 6.21 Å². The molecule has 8 heteroatoms. The van der Waals surface area contributed by atoms with Crippen molar-refractivity contribution < 1.29 is 19.1 Å². The summed E-state index contributed by atoms with van der Waals surface area (Å²) in [6, 6.07) is 28.2. The van der Waals surface area contributed by atoms with Gasteiger partial charge >= 0.3 is 5.97 Å². The second-order valence-corrected chi connectivity index (χ2v) is 8.87. The maximum Gasteiger partial charge on any atom is 0.345 e. The Balaban J connectivity index is 1.38. The molecule has 0 aliphatic rings. The standard InChI is InChI=1S/C28H20BrClN2O4/c29-22-12-15-26(36-28(34)24-8-4-5-9-25(24)30)21(16-22)17-31-32-27(33)20-10-13-23(14-11-20)35-18-19-6-2-1-3-7-19/h1-17H,18H2,(H,32,33)/b31-17+. The Hall–Kier alpha value is -3.94. The van der Waals surface area contributed by atoms with E-state index in [-0.39, 0.29) is 11.3 Å². The number of rotatable bonds is 8. The predicted molar refractivity (Wildman–Crippen MR) is 143 cm³/mol. The molecule has 180 valence electrons. The number of nitrogens with zero attached hydrogens (tertiary/aromatic N) is 1. The number of amides is 1. The SMILES string of the molecule is O=C(N/N=C/c1cc(Br)ccc1OC(=O)c1ccccc1Cl)c1ccc(OCc2ccccc2)cc1. The zero-order chi connectivity index (χ0) is 25.3. The Morgan fingerprint density at radius 3 is 2.39 bits per heavy atom. The molecule has 0 heterocycles. The summed E-state index contributed by atoms with van der Waals surface area (Å²) in [5.41, 5.74) is 4.67. The van der Waals surface area contributed by atoms with Crippen LogP contribution in [0.5, 0.6) is 11.5 Å². The molecule has 0 spiro atoms. The van der Waals surface area contributed by atoms with E-state index >= 15 is 0 Å². The summed E-state index contributed by atoms with van der Waals surface area (Å²) < 4.78 is 12.0. The largest absolute Gasteiger partial charge is 0.489 e. The van der Waals surface area contributed by atoms with Crippen molar-refractivity contribution in [2.24, 2.45) is 5.10 Å². The highest BCUT2D eigenvalue weighted by Gasteiger charge is 2.14. The first-order chi connectivity index (χ1) is 17.5. The van der Waals surface area contributed by atoms with Crippen LogP contribution in [0.3, 0.4) is 0 Å². The van der Waals surface area contributed by atoms with Crippen LogP contribution in [-0.4, -0.2) is 18.1 Å². The van der Waals surface area contributed by atoms with Gasteiger partial charge in [-0.2, -0.15) is 5.10 Å². The average molecular weight is 564 g/mol. The fourth-order valence-corrected chi connectivity index (χ4v) is 3.75. The monoisotopic (exact) mass is 562 g/mol. The lowest BCUT2D eigenvalue weighted by Gasteiger charge is -2.09. The molecule has 6 nitrogen and oxygen atoms in total. The van der Waals surface area contributed by atoms with Crippen molar-refractivity contribution in [1.29, 1.82) is 0 Å². The van der Waals surface area contributed by atoms with Crippen molar-refractivity contribution in [3.8, 4) is 11.5 Å². The van der Waals surface area contributed by atoms with Gasteiger partial charge in [0.05, 0.1) is 16.8 Å². The molecule has 0 aromatic heterocycles. The number of esters is 1. The third-order valence-electron chi connectivity index (χ3n) is 5.00. The van der Waals surface area contributed by atoms with E-state index in [0.29, 0.717) is 28.5 Å². The smallest absolute Gasteiger partial charge is 0.345 e. The number of nitrogens with one attached hydrogen (secondary N) is 1. The maximum absolute atomic E-state index is 12.6. The molecule has 0 aliphatic carbocycles. The molecule has 1 N–H and O–H groups in total. The van der Waals surface area contributed by atoms with Gasteiger partial charge in [0.15, 0.2) is 0 Å². The Morgan fingerprint density at radius 2 is 1.64 bits per heavy atom. The van der Waals surface area contributed by atoms with Crippen LogP contribution in [0, 0.1) is 0 Å². The highest BCUT2D eigenvalue weighted by Crippen LogP contribution is 2.24. The summed E-state index contributed by atoms with van der Waals surface area (Å²) in [4.78, 5) is 25.1. The zero-order valence-corrected chi connectivity index (χ0v) is 21.2. The summed E-state index contributed by atoms with van der Waals surface area (Å²) in [6.45, 7) is 0.437. The molecule has 0 bridgehead atoms. The van der Waals surface area contributed by atoms with Crippen LogP contribution in [0.15, 0.2) is 107 Å². The first-order valence-electron chi connectivity index (χ1n) is 10.9. The third-order valence-corrected chi connectivity index (χ3v) is 5.83. The van der Waals surface area contributed by atoms with Crippen LogP contribution in [0.1, 0.15) is 31.8 Å². The number of hydrazone groups is 1. The predicted octanol–water partition coefficient (Wildman–Crippen LogP) is 6.66. The van der Waals surface area contributed by atoms with Crippen LogP contribution < -0.4 is 14.9 Å². The van der Waals surface area contributed by atoms with Crippen LogP contribution >= 0.6 is 27.5 Å². The highest BCUT2D eigenvalue weighted by atomic mass is 79.9. The van der Waals surface area contributed by atoms with Crippen LogP contribution in [0.4, 0.5) is 0 Å². The first-order valence-corrected chi connectivity index (χ1v) is 12.0. The van der Waals surface area contributed by atoms with Gasteiger partial charge in [-0.15, -0.1) is 0 Å². The number of carbonyl (C=O) groups excluding carboxylic acids is 2. The van der Waals surface area contributed by atoms with Crippen molar-refractivity contribution in [3.63, 3.8) is 0 Å². The number of benzene rings is 4. The molecule has 1 amide bonds. The number of hydrogen-bond acceptors (Lipinski definition) is 5. The molecule has 0 saturated heterocycles. The van der Waals surface area contributed by atoms with E-state index in [1.807, 2.05) is 30.3 Å². The van der Waals surface area contributed by atoms with Gasteiger partial charge in [0.1, 0.15) is 18.1 Å². The van der Waals surface area contributed by atoms with Crippen molar-refractivity contribution in [1.82, 2.24) is 5.43 Å². The Labute approximate surface area is 221 Å². The van der Waals surface area contributed by atoms with Gasteiger partial charge in [-0.1, -0.05) is 70.0 Å². The maximum atomic E-state index is 12.6. The van der Waals surface area contributed by atoms with Crippen LogP contribution in [0.2, 0.25) is 5.02 Å². The van der Waals surface area contributed by atoms with E-state index in [9.17, 15) is 9.59 Å². The molecule has 4 rings (SSSR count). The summed E-state index contributed by atoms with van der Waals surface area (Å²) in [5, 5.41) is 4.31.